The smallest absolute Gasteiger partial charge is 0.338 e. The van der Waals surface area contributed by atoms with Crippen molar-refractivity contribution < 1.29 is 14.3 Å². The van der Waals surface area contributed by atoms with Gasteiger partial charge in [0.05, 0.1) is 5.56 Å². The average Bonchev–Trinajstić information content (AvgIpc) is 3.06. The molecule has 1 aliphatic heterocycles. The number of carbonyl (C=O) groups excluding carboxylic acids is 2. The lowest BCUT2D eigenvalue weighted by atomic mass is 10.0. The molecule has 2 aromatic rings. The summed E-state index contributed by atoms with van der Waals surface area (Å²) in [6, 6.07) is 6.81. The van der Waals surface area contributed by atoms with E-state index in [0.29, 0.717) is 17.3 Å². The van der Waals surface area contributed by atoms with Crippen molar-refractivity contribution in [3.63, 3.8) is 0 Å². The lowest BCUT2D eigenvalue weighted by molar-refractivity contribution is -0.136. The number of likely N-dealkylation sites (tertiary alicyclic amines) is 1. The monoisotopic (exact) mass is 342 g/mol. The molecule has 0 saturated carbocycles. The number of aromatic nitrogens is 3. The standard InChI is InChI=1S/C18H22N4O3/c1-12-4-3-9-22(10-12)16(23)11-25-18(24)15-7-5-14(6-8-15)17-19-13(2)20-21-17/h5-8,12H,3-4,9-11H2,1-2H3,(H,19,20,21)/t12-/m0/s1. The summed E-state index contributed by atoms with van der Waals surface area (Å²) in [7, 11) is 0. The number of esters is 1. The van der Waals surface area contributed by atoms with E-state index in [1.807, 2.05) is 6.92 Å². The molecule has 0 aliphatic carbocycles. The number of ether oxygens (including phenoxy) is 1. The second kappa shape index (κ2) is 7.46. The number of rotatable bonds is 4. The summed E-state index contributed by atoms with van der Waals surface area (Å²) in [6.45, 7) is 5.21. The van der Waals surface area contributed by atoms with E-state index in [1.54, 1.807) is 29.2 Å². The van der Waals surface area contributed by atoms with E-state index in [2.05, 4.69) is 22.1 Å². The van der Waals surface area contributed by atoms with Crippen molar-refractivity contribution in [2.24, 2.45) is 5.92 Å². The predicted molar refractivity (Wildman–Crippen MR) is 91.8 cm³/mol. The molecule has 132 valence electrons. The van der Waals surface area contributed by atoms with Crippen LogP contribution >= 0.6 is 0 Å². The Labute approximate surface area is 146 Å². The molecule has 1 amide bonds. The van der Waals surface area contributed by atoms with Gasteiger partial charge in [0.1, 0.15) is 5.82 Å². The molecular weight excluding hydrogens is 320 g/mol. The van der Waals surface area contributed by atoms with E-state index in [9.17, 15) is 9.59 Å². The molecule has 1 aromatic heterocycles. The van der Waals surface area contributed by atoms with Crippen LogP contribution in [0.4, 0.5) is 0 Å². The third-order valence-electron chi connectivity index (χ3n) is 4.31. The number of carbonyl (C=O) groups is 2. The third-order valence-corrected chi connectivity index (χ3v) is 4.31. The summed E-state index contributed by atoms with van der Waals surface area (Å²) >= 11 is 0. The molecule has 25 heavy (non-hydrogen) atoms. The van der Waals surface area contributed by atoms with Gasteiger partial charge >= 0.3 is 5.97 Å². The Morgan fingerprint density at radius 3 is 2.72 bits per heavy atom. The Morgan fingerprint density at radius 1 is 1.32 bits per heavy atom. The van der Waals surface area contributed by atoms with Crippen LogP contribution in [0.25, 0.3) is 11.4 Å². The van der Waals surface area contributed by atoms with E-state index < -0.39 is 5.97 Å². The summed E-state index contributed by atoms with van der Waals surface area (Å²) in [5.41, 5.74) is 1.20. The van der Waals surface area contributed by atoms with Crippen molar-refractivity contribution in [2.75, 3.05) is 19.7 Å². The minimum absolute atomic E-state index is 0.132. The van der Waals surface area contributed by atoms with Crippen LogP contribution in [0.5, 0.6) is 0 Å². The van der Waals surface area contributed by atoms with Gasteiger partial charge in [-0.05, 0) is 37.8 Å². The highest BCUT2D eigenvalue weighted by molar-refractivity contribution is 5.91. The second-order valence-electron chi connectivity index (χ2n) is 6.49. The fourth-order valence-corrected chi connectivity index (χ4v) is 2.95. The number of hydrogen-bond acceptors (Lipinski definition) is 5. The topological polar surface area (TPSA) is 88.2 Å². The molecule has 1 N–H and O–H groups in total. The Hall–Kier alpha value is -2.70. The van der Waals surface area contributed by atoms with E-state index in [4.69, 9.17) is 4.74 Å². The number of aryl methyl sites for hydroxylation is 1. The molecule has 1 saturated heterocycles. The molecule has 0 radical (unpaired) electrons. The second-order valence-corrected chi connectivity index (χ2v) is 6.49. The fourth-order valence-electron chi connectivity index (χ4n) is 2.95. The van der Waals surface area contributed by atoms with Gasteiger partial charge in [-0.25, -0.2) is 9.78 Å². The fraction of sp³-hybridized carbons (Fsp3) is 0.444. The first-order valence-corrected chi connectivity index (χ1v) is 8.47. The first-order chi connectivity index (χ1) is 12.0. The highest BCUT2D eigenvalue weighted by atomic mass is 16.5. The van der Waals surface area contributed by atoms with Crippen molar-refractivity contribution in [1.29, 1.82) is 0 Å². The van der Waals surface area contributed by atoms with Crippen LogP contribution in [0.2, 0.25) is 0 Å². The Bertz CT molecular complexity index is 754. The van der Waals surface area contributed by atoms with Gasteiger partial charge in [0.2, 0.25) is 0 Å². The lowest BCUT2D eigenvalue weighted by Crippen LogP contribution is -2.41. The maximum atomic E-state index is 12.1. The molecule has 2 heterocycles. The number of nitrogens with one attached hydrogen (secondary N) is 1. The summed E-state index contributed by atoms with van der Waals surface area (Å²) in [6.07, 6.45) is 2.14. The molecule has 7 heteroatoms. The maximum absolute atomic E-state index is 12.1. The lowest BCUT2D eigenvalue weighted by Gasteiger charge is -2.30. The molecule has 1 aromatic carbocycles. The molecule has 3 rings (SSSR count). The van der Waals surface area contributed by atoms with Crippen molar-refractivity contribution >= 4 is 11.9 Å². The molecule has 7 nitrogen and oxygen atoms in total. The van der Waals surface area contributed by atoms with E-state index in [-0.39, 0.29) is 12.5 Å². The van der Waals surface area contributed by atoms with Crippen molar-refractivity contribution in [2.45, 2.75) is 26.7 Å². The first-order valence-electron chi connectivity index (χ1n) is 8.47. The number of nitrogens with zero attached hydrogens (tertiary/aromatic N) is 3. The van der Waals surface area contributed by atoms with Crippen molar-refractivity contribution in [1.82, 2.24) is 20.1 Å². The highest BCUT2D eigenvalue weighted by Gasteiger charge is 2.22. The Morgan fingerprint density at radius 2 is 2.08 bits per heavy atom. The maximum Gasteiger partial charge on any atom is 0.338 e. The van der Waals surface area contributed by atoms with Crippen LogP contribution in [0.15, 0.2) is 24.3 Å². The van der Waals surface area contributed by atoms with E-state index in [1.165, 1.54) is 0 Å². The molecular formula is C18H22N4O3. The van der Waals surface area contributed by atoms with Crippen LogP contribution in [0.1, 0.15) is 35.9 Å². The van der Waals surface area contributed by atoms with Crippen LogP contribution < -0.4 is 0 Å². The van der Waals surface area contributed by atoms with Gasteiger partial charge in [0.25, 0.3) is 5.91 Å². The van der Waals surface area contributed by atoms with Crippen molar-refractivity contribution in [3.05, 3.63) is 35.7 Å². The summed E-state index contributed by atoms with van der Waals surface area (Å²) in [4.78, 5) is 30.3. The number of piperidine rings is 1. The van der Waals surface area contributed by atoms with E-state index in [0.717, 1.165) is 37.3 Å². The zero-order valence-corrected chi connectivity index (χ0v) is 14.5. The quantitative estimate of drug-likeness (QED) is 0.861. The van der Waals surface area contributed by atoms with E-state index >= 15 is 0 Å². The average molecular weight is 342 g/mol. The first kappa shape index (κ1) is 17.1. The largest absolute Gasteiger partial charge is 0.452 e. The minimum atomic E-state index is -0.504. The number of hydrogen-bond donors (Lipinski definition) is 1. The number of benzene rings is 1. The minimum Gasteiger partial charge on any atom is -0.452 e. The molecule has 1 atom stereocenters. The third kappa shape index (κ3) is 4.23. The zero-order chi connectivity index (χ0) is 17.8. The summed E-state index contributed by atoms with van der Waals surface area (Å²) in [5.74, 6) is 1.17. The van der Waals surface area contributed by atoms with Crippen LogP contribution in [0.3, 0.4) is 0 Å². The van der Waals surface area contributed by atoms with Gasteiger partial charge < -0.3 is 9.64 Å². The van der Waals surface area contributed by atoms with Crippen LogP contribution in [-0.2, 0) is 9.53 Å². The van der Waals surface area contributed by atoms with Gasteiger partial charge in [0.15, 0.2) is 12.4 Å². The SMILES string of the molecule is Cc1nc(-c2ccc(C(=O)OCC(=O)N3CCC[C@H](C)C3)cc2)n[nH]1. The molecule has 0 spiro atoms. The van der Waals surface area contributed by atoms with Crippen LogP contribution in [0, 0.1) is 12.8 Å². The van der Waals surface area contributed by atoms with Gasteiger partial charge in [-0.3, -0.25) is 9.89 Å². The van der Waals surface area contributed by atoms with Gasteiger partial charge in [-0.15, -0.1) is 0 Å². The molecule has 0 unspecified atom stereocenters. The van der Waals surface area contributed by atoms with Gasteiger partial charge in [-0.2, -0.15) is 5.10 Å². The van der Waals surface area contributed by atoms with Crippen molar-refractivity contribution in [3.8, 4) is 11.4 Å². The summed E-state index contributed by atoms with van der Waals surface area (Å²) in [5, 5.41) is 6.85. The Balaban J connectivity index is 1.55. The van der Waals surface area contributed by atoms with Gasteiger partial charge in [-0.1, -0.05) is 19.1 Å². The normalized spacial score (nSPS) is 17.4. The van der Waals surface area contributed by atoms with Crippen LogP contribution in [-0.4, -0.2) is 51.7 Å². The number of H-pyrrole nitrogens is 1. The summed E-state index contributed by atoms with van der Waals surface area (Å²) < 4.78 is 5.16. The predicted octanol–water partition coefficient (Wildman–Crippen LogP) is 2.20. The molecule has 0 bridgehead atoms. The highest BCUT2D eigenvalue weighted by Crippen LogP contribution is 2.17. The Kier molecular flexibility index (Phi) is 5.11. The molecule has 1 aliphatic rings. The zero-order valence-electron chi connectivity index (χ0n) is 14.5. The molecule has 1 fully saturated rings. The number of amides is 1. The number of aromatic amines is 1. The van der Waals surface area contributed by atoms with Gasteiger partial charge in [0, 0.05) is 18.7 Å².